The van der Waals surface area contributed by atoms with Crippen LogP contribution in [-0.2, 0) is 13.1 Å². The molecule has 1 aliphatic heterocycles. The van der Waals surface area contributed by atoms with E-state index >= 15 is 0 Å². The zero-order valence-corrected chi connectivity index (χ0v) is 16.7. The first kappa shape index (κ1) is 19.4. The second-order valence-corrected chi connectivity index (χ2v) is 7.71. The third kappa shape index (κ3) is 5.10. The molecule has 1 N–H and O–H groups in total. The fourth-order valence-electron chi connectivity index (χ4n) is 3.70. The van der Waals surface area contributed by atoms with Crippen LogP contribution in [0.25, 0.3) is 0 Å². The van der Waals surface area contributed by atoms with Crippen molar-refractivity contribution in [3.8, 4) is 0 Å². The van der Waals surface area contributed by atoms with Crippen molar-refractivity contribution >= 4 is 11.6 Å². The number of hydrogen-bond acceptors (Lipinski definition) is 3. The van der Waals surface area contributed by atoms with E-state index in [0.717, 1.165) is 12.2 Å². The number of hydrogen-bond donors (Lipinski definition) is 1. The van der Waals surface area contributed by atoms with E-state index in [0.29, 0.717) is 18.2 Å². The summed E-state index contributed by atoms with van der Waals surface area (Å²) in [5.74, 6) is -0.0279. The Bertz CT molecular complexity index is 772. The lowest BCUT2D eigenvalue weighted by molar-refractivity contribution is 0.0950. The van der Waals surface area contributed by atoms with Crippen LogP contribution in [0.5, 0.6) is 0 Å². The van der Waals surface area contributed by atoms with Crippen molar-refractivity contribution in [2.75, 3.05) is 25.5 Å². The highest BCUT2D eigenvalue weighted by Gasteiger charge is 2.19. The fraction of sp³-hybridized carbons (Fsp3) is 0.435. The molecule has 1 amide bonds. The van der Waals surface area contributed by atoms with E-state index < -0.39 is 0 Å². The van der Waals surface area contributed by atoms with E-state index in [1.54, 1.807) is 0 Å². The summed E-state index contributed by atoms with van der Waals surface area (Å²) in [5.41, 5.74) is 4.24. The van der Waals surface area contributed by atoms with Crippen LogP contribution in [0.2, 0.25) is 0 Å². The molecular weight excluding hydrogens is 334 g/mol. The Morgan fingerprint density at radius 2 is 1.89 bits per heavy atom. The van der Waals surface area contributed by atoms with Gasteiger partial charge >= 0.3 is 0 Å². The first-order valence-corrected chi connectivity index (χ1v) is 9.91. The SMILES string of the molecule is CC1CCCCN1Cc1ccccc1CNC(=O)c1cccc(N(C)C)c1. The molecule has 0 saturated carbocycles. The number of rotatable bonds is 6. The van der Waals surface area contributed by atoms with Crippen molar-refractivity contribution in [3.63, 3.8) is 0 Å². The average molecular weight is 366 g/mol. The zero-order valence-electron chi connectivity index (χ0n) is 16.7. The highest BCUT2D eigenvalue weighted by Crippen LogP contribution is 2.21. The Labute approximate surface area is 163 Å². The van der Waals surface area contributed by atoms with E-state index in [1.807, 2.05) is 43.3 Å². The van der Waals surface area contributed by atoms with Crippen LogP contribution in [0, 0.1) is 0 Å². The van der Waals surface area contributed by atoms with Crippen LogP contribution >= 0.6 is 0 Å². The molecule has 1 atom stereocenters. The quantitative estimate of drug-likeness (QED) is 0.839. The lowest BCUT2D eigenvalue weighted by Gasteiger charge is -2.33. The lowest BCUT2D eigenvalue weighted by Crippen LogP contribution is -2.37. The minimum absolute atomic E-state index is 0.0279. The standard InChI is InChI=1S/C23H31N3O/c1-18-9-6-7-14-26(18)17-21-11-5-4-10-20(21)16-24-23(27)19-12-8-13-22(15-19)25(2)3/h4-5,8,10-13,15,18H,6-7,9,14,16-17H2,1-3H3,(H,24,27). The van der Waals surface area contributed by atoms with Crippen molar-refractivity contribution in [3.05, 3.63) is 65.2 Å². The molecule has 0 radical (unpaired) electrons. The number of anilines is 1. The van der Waals surface area contributed by atoms with E-state index in [2.05, 4.69) is 41.4 Å². The summed E-state index contributed by atoms with van der Waals surface area (Å²) in [4.78, 5) is 17.2. The van der Waals surface area contributed by atoms with E-state index in [4.69, 9.17) is 0 Å². The number of nitrogens with zero attached hydrogens (tertiary/aromatic N) is 2. The van der Waals surface area contributed by atoms with Crippen LogP contribution < -0.4 is 10.2 Å². The summed E-state index contributed by atoms with van der Waals surface area (Å²) in [6, 6.07) is 16.8. The van der Waals surface area contributed by atoms with Gasteiger partial charge in [0.1, 0.15) is 0 Å². The lowest BCUT2D eigenvalue weighted by atomic mass is 10.0. The van der Waals surface area contributed by atoms with Crippen LogP contribution in [0.1, 0.15) is 47.7 Å². The summed E-state index contributed by atoms with van der Waals surface area (Å²) < 4.78 is 0. The topological polar surface area (TPSA) is 35.6 Å². The first-order chi connectivity index (χ1) is 13.0. The van der Waals surface area contributed by atoms with Gasteiger partial charge in [0.2, 0.25) is 0 Å². The van der Waals surface area contributed by atoms with Gasteiger partial charge in [-0.25, -0.2) is 0 Å². The number of carbonyl (C=O) groups excluding carboxylic acids is 1. The highest BCUT2D eigenvalue weighted by atomic mass is 16.1. The number of likely N-dealkylation sites (tertiary alicyclic amines) is 1. The molecule has 2 aromatic rings. The second kappa shape index (κ2) is 9.05. The number of carbonyl (C=O) groups is 1. The molecule has 2 aromatic carbocycles. The summed E-state index contributed by atoms with van der Waals surface area (Å²) in [7, 11) is 3.96. The monoisotopic (exact) mass is 365 g/mol. The normalized spacial score (nSPS) is 17.5. The maximum Gasteiger partial charge on any atom is 0.251 e. The number of piperidine rings is 1. The smallest absolute Gasteiger partial charge is 0.251 e. The van der Waals surface area contributed by atoms with Crippen LogP contribution in [0.4, 0.5) is 5.69 Å². The summed E-state index contributed by atoms with van der Waals surface area (Å²) in [6.07, 6.45) is 3.90. The molecule has 0 spiro atoms. The van der Waals surface area contributed by atoms with Crippen molar-refractivity contribution < 1.29 is 4.79 Å². The minimum atomic E-state index is -0.0279. The highest BCUT2D eigenvalue weighted by molar-refractivity contribution is 5.95. The van der Waals surface area contributed by atoms with Gasteiger partial charge < -0.3 is 10.2 Å². The predicted octanol–water partition coefficient (Wildman–Crippen LogP) is 4.06. The molecule has 27 heavy (non-hydrogen) atoms. The molecule has 4 heteroatoms. The predicted molar refractivity (Wildman–Crippen MR) is 112 cm³/mol. The molecular formula is C23H31N3O. The van der Waals surface area contributed by atoms with Crippen molar-refractivity contribution in [1.29, 1.82) is 0 Å². The van der Waals surface area contributed by atoms with Gasteiger partial charge in [0.15, 0.2) is 0 Å². The first-order valence-electron chi connectivity index (χ1n) is 9.91. The van der Waals surface area contributed by atoms with Crippen LogP contribution in [0.3, 0.4) is 0 Å². The summed E-state index contributed by atoms with van der Waals surface area (Å²) in [5, 5.41) is 3.09. The van der Waals surface area contributed by atoms with Crippen molar-refractivity contribution in [2.24, 2.45) is 0 Å². The summed E-state index contributed by atoms with van der Waals surface area (Å²) >= 11 is 0. The molecule has 3 rings (SSSR count). The Hall–Kier alpha value is -2.33. The van der Waals surface area contributed by atoms with Crippen molar-refractivity contribution in [1.82, 2.24) is 10.2 Å². The van der Waals surface area contributed by atoms with Crippen LogP contribution in [0.15, 0.2) is 48.5 Å². The third-order valence-electron chi connectivity index (χ3n) is 5.50. The maximum absolute atomic E-state index is 12.6. The maximum atomic E-state index is 12.6. The van der Waals surface area contributed by atoms with Gasteiger partial charge in [0.05, 0.1) is 0 Å². The Balaban J connectivity index is 1.66. The molecule has 0 aromatic heterocycles. The van der Waals surface area contributed by atoms with Gasteiger partial charge in [0, 0.05) is 44.5 Å². The fourth-order valence-corrected chi connectivity index (χ4v) is 3.70. The van der Waals surface area contributed by atoms with Gasteiger partial charge in [-0.2, -0.15) is 0 Å². The number of nitrogens with one attached hydrogen (secondary N) is 1. The average Bonchev–Trinajstić information content (AvgIpc) is 2.69. The van der Waals surface area contributed by atoms with E-state index in [1.165, 1.54) is 36.9 Å². The van der Waals surface area contributed by atoms with Gasteiger partial charge in [0.25, 0.3) is 5.91 Å². The minimum Gasteiger partial charge on any atom is -0.378 e. The van der Waals surface area contributed by atoms with Gasteiger partial charge in [-0.3, -0.25) is 9.69 Å². The van der Waals surface area contributed by atoms with E-state index in [-0.39, 0.29) is 5.91 Å². The molecule has 0 aliphatic carbocycles. The number of amides is 1. The second-order valence-electron chi connectivity index (χ2n) is 7.71. The largest absolute Gasteiger partial charge is 0.378 e. The number of benzene rings is 2. The van der Waals surface area contributed by atoms with Gasteiger partial charge in [-0.05, 0) is 55.6 Å². The zero-order chi connectivity index (χ0) is 19.2. The van der Waals surface area contributed by atoms with Crippen molar-refractivity contribution in [2.45, 2.75) is 45.3 Å². The molecule has 144 valence electrons. The molecule has 0 bridgehead atoms. The van der Waals surface area contributed by atoms with Gasteiger partial charge in [-0.1, -0.05) is 36.8 Å². The Morgan fingerprint density at radius 1 is 1.11 bits per heavy atom. The Kier molecular flexibility index (Phi) is 6.51. The molecule has 1 saturated heterocycles. The van der Waals surface area contributed by atoms with Gasteiger partial charge in [-0.15, -0.1) is 0 Å². The molecule has 4 nitrogen and oxygen atoms in total. The molecule has 1 heterocycles. The van der Waals surface area contributed by atoms with E-state index in [9.17, 15) is 4.79 Å². The molecule has 1 aliphatic rings. The van der Waals surface area contributed by atoms with Crippen LogP contribution in [-0.4, -0.2) is 37.5 Å². The molecule has 1 unspecified atom stereocenters. The molecule has 1 fully saturated rings. The third-order valence-corrected chi connectivity index (χ3v) is 5.50. The Morgan fingerprint density at radius 3 is 2.63 bits per heavy atom. The summed E-state index contributed by atoms with van der Waals surface area (Å²) in [6.45, 7) is 5.01.